The Hall–Kier alpha value is -3.13. The van der Waals surface area contributed by atoms with E-state index < -0.39 is 11.9 Å². The number of hydrogen-bond donors (Lipinski definition) is 2. The van der Waals surface area contributed by atoms with Crippen molar-refractivity contribution < 1.29 is 9.59 Å². The van der Waals surface area contributed by atoms with E-state index in [-0.39, 0.29) is 5.75 Å². The van der Waals surface area contributed by atoms with Crippen LogP contribution in [-0.2, 0) is 18.3 Å². The summed E-state index contributed by atoms with van der Waals surface area (Å²) in [7, 11) is 1.87. The first kappa shape index (κ1) is 20.6. The van der Waals surface area contributed by atoms with Crippen molar-refractivity contribution in [3.8, 4) is 0 Å². The fourth-order valence-electron chi connectivity index (χ4n) is 2.80. The van der Waals surface area contributed by atoms with Crippen LogP contribution in [0.5, 0.6) is 0 Å². The van der Waals surface area contributed by atoms with Crippen LogP contribution in [0.15, 0.2) is 53.7 Å². The Bertz CT molecular complexity index is 1020. The summed E-state index contributed by atoms with van der Waals surface area (Å²) in [5, 5.41) is 14.0. The summed E-state index contributed by atoms with van der Waals surface area (Å²) in [6.07, 6.45) is 0.662. The molecule has 0 bridgehead atoms. The Morgan fingerprint density at radius 2 is 1.83 bits per heavy atom. The summed E-state index contributed by atoms with van der Waals surface area (Å²) in [4.78, 5) is 24.2. The van der Waals surface area contributed by atoms with Crippen LogP contribution in [-0.4, -0.2) is 32.5 Å². The standard InChI is InChI=1S/C21H23N5O2S/c1-14-9-10-17(15(2)11-14)22-20(28)23-19(27)13-29-21-25-24-18(26(21)3)12-16-7-5-4-6-8-16/h4-11H,12-13H2,1-3H3,(H2,22,23,27,28). The van der Waals surface area contributed by atoms with Crippen molar-refractivity contribution in [3.63, 3.8) is 0 Å². The molecule has 29 heavy (non-hydrogen) atoms. The molecule has 0 aliphatic heterocycles. The maximum atomic E-state index is 12.1. The molecule has 0 unspecified atom stereocenters. The van der Waals surface area contributed by atoms with E-state index in [9.17, 15) is 9.59 Å². The second-order valence-electron chi connectivity index (χ2n) is 6.73. The van der Waals surface area contributed by atoms with Crippen molar-refractivity contribution in [2.24, 2.45) is 7.05 Å². The number of rotatable bonds is 6. The molecular weight excluding hydrogens is 386 g/mol. The van der Waals surface area contributed by atoms with Gasteiger partial charge in [0.25, 0.3) is 0 Å². The van der Waals surface area contributed by atoms with E-state index in [0.29, 0.717) is 17.3 Å². The largest absolute Gasteiger partial charge is 0.325 e. The van der Waals surface area contributed by atoms with Gasteiger partial charge in [-0.15, -0.1) is 10.2 Å². The normalized spacial score (nSPS) is 10.6. The average molecular weight is 410 g/mol. The van der Waals surface area contributed by atoms with Gasteiger partial charge in [0.15, 0.2) is 5.16 Å². The smallest absolute Gasteiger partial charge is 0.309 e. The summed E-state index contributed by atoms with van der Waals surface area (Å²) < 4.78 is 1.86. The number of anilines is 1. The molecule has 0 aliphatic rings. The molecule has 0 saturated heterocycles. The summed E-state index contributed by atoms with van der Waals surface area (Å²) in [6, 6.07) is 15.1. The lowest BCUT2D eigenvalue weighted by Gasteiger charge is -2.09. The number of imide groups is 1. The number of thioether (sulfide) groups is 1. The number of aryl methyl sites for hydroxylation is 2. The Morgan fingerprint density at radius 3 is 2.55 bits per heavy atom. The van der Waals surface area contributed by atoms with Gasteiger partial charge in [0.2, 0.25) is 5.91 Å². The molecule has 0 spiro atoms. The van der Waals surface area contributed by atoms with Gasteiger partial charge in [-0.3, -0.25) is 10.1 Å². The van der Waals surface area contributed by atoms with Gasteiger partial charge in [0.1, 0.15) is 5.82 Å². The SMILES string of the molecule is Cc1ccc(NC(=O)NC(=O)CSc2nnc(Cc3ccccc3)n2C)c(C)c1. The molecule has 8 heteroatoms. The minimum Gasteiger partial charge on any atom is -0.309 e. The van der Waals surface area contributed by atoms with Gasteiger partial charge < -0.3 is 9.88 Å². The Morgan fingerprint density at radius 1 is 1.07 bits per heavy atom. The van der Waals surface area contributed by atoms with Crippen LogP contribution in [0.2, 0.25) is 0 Å². The highest BCUT2D eigenvalue weighted by molar-refractivity contribution is 7.99. The third-order valence-electron chi connectivity index (χ3n) is 4.35. The van der Waals surface area contributed by atoms with Gasteiger partial charge in [-0.1, -0.05) is 59.8 Å². The van der Waals surface area contributed by atoms with E-state index in [0.717, 1.165) is 22.5 Å². The zero-order valence-corrected chi connectivity index (χ0v) is 17.4. The summed E-state index contributed by atoms with van der Waals surface area (Å²) in [5.74, 6) is 0.481. The van der Waals surface area contributed by atoms with Crippen LogP contribution < -0.4 is 10.6 Å². The van der Waals surface area contributed by atoms with E-state index in [1.165, 1.54) is 11.8 Å². The minimum atomic E-state index is -0.551. The van der Waals surface area contributed by atoms with Crippen LogP contribution in [0.1, 0.15) is 22.5 Å². The van der Waals surface area contributed by atoms with E-state index in [2.05, 4.69) is 20.8 Å². The molecule has 0 aliphatic carbocycles. The van der Waals surface area contributed by atoms with Gasteiger partial charge in [-0.25, -0.2) is 4.79 Å². The first-order valence-electron chi connectivity index (χ1n) is 9.15. The van der Waals surface area contributed by atoms with Crippen molar-refractivity contribution in [2.75, 3.05) is 11.1 Å². The Labute approximate surface area is 173 Å². The average Bonchev–Trinajstić information content (AvgIpc) is 3.03. The number of carbonyl (C=O) groups excluding carboxylic acids is 2. The van der Waals surface area contributed by atoms with E-state index in [1.54, 1.807) is 0 Å². The number of hydrogen-bond acceptors (Lipinski definition) is 5. The fourth-order valence-corrected chi connectivity index (χ4v) is 3.53. The Balaban J connectivity index is 1.51. The predicted molar refractivity (Wildman–Crippen MR) is 114 cm³/mol. The molecule has 0 fully saturated rings. The number of urea groups is 1. The zero-order chi connectivity index (χ0) is 20.8. The molecule has 3 amide bonds. The van der Waals surface area contributed by atoms with E-state index in [1.807, 2.05) is 74.0 Å². The number of nitrogens with one attached hydrogen (secondary N) is 2. The van der Waals surface area contributed by atoms with Gasteiger partial charge in [-0.2, -0.15) is 0 Å². The molecule has 3 rings (SSSR count). The minimum absolute atomic E-state index is 0.0671. The third kappa shape index (κ3) is 5.68. The molecule has 3 aromatic rings. The van der Waals surface area contributed by atoms with Crippen LogP contribution in [0.4, 0.5) is 10.5 Å². The second-order valence-corrected chi connectivity index (χ2v) is 7.67. The van der Waals surface area contributed by atoms with Crippen LogP contribution in [0.3, 0.4) is 0 Å². The van der Waals surface area contributed by atoms with Crippen LogP contribution in [0.25, 0.3) is 0 Å². The highest BCUT2D eigenvalue weighted by Crippen LogP contribution is 2.18. The van der Waals surface area contributed by atoms with Crippen LogP contribution in [0, 0.1) is 13.8 Å². The zero-order valence-electron chi connectivity index (χ0n) is 16.6. The molecule has 1 heterocycles. The van der Waals surface area contributed by atoms with Crippen molar-refractivity contribution in [3.05, 3.63) is 71.0 Å². The quantitative estimate of drug-likeness (QED) is 0.609. The number of amides is 3. The highest BCUT2D eigenvalue weighted by atomic mass is 32.2. The van der Waals surface area contributed by atoms with E-state index >= 15 is 0 Å². The lowest BCUT2D eigenvalue weighted by molar-refractivity contribution is -0.117. The third-order valence-corrected chi connectivity index (χ3v) is 5.37. The molecule has 0 saturated carbocycles. The van der Waals surface area contributed by atoms with Gasteiger partial charge >= 0.3 is 6.03 Å². The molecule has 2 aromatic carbocycles. The molecular formula is C21H23N5O2S. The highest BCUT2D eigenvalue weighted by Gasteiger charge is 2.14. The Kier molecular flexibility index (Phi) is 6.66. The molecule has 0 atom stereocenters. The topological polar surface area (TPSA) is 88.9 Å². The predicted octanol–water partition coefficient (Wildman–Crippen LogP) is 3.46. The molecule has 1 aromatic heterocycles. The number of benzene rings is 2. The summed E-state index contributed by atoms with van der Waals surface area (Å²) in [5.41, 5.74) is 3.86. The lowest BCUT2D eigenvalue weighted by Crippen LogP contribution is -2.35. The van der Waals surface area contributed by atoms with Crippen molar-refractivity contribution in [1.29, 1.82) is 0 Å². The van der Waals surface area contributed by atoms with Gasteiger partial charge in [0.05, 0.1) is 5.75 Å². The maximum absolute atomic E-state index is 12.1. The van der Waals surface area contributed by atoms with Crippen LogP contribution >= 0.6 is 11.8 Å². The first-order chi connectivity index (χ1) is 13.9. The monoisotopic (exact) mass is 409 g/mol. The van der Waals surface area contributed by atoms with Crippen molar-refractivity contribution in [1.82, 2.24) is 20.1 Å². The molecule has 0 radical (unpaired) electrons. The number of nitrogens with zero attached hydrogens (tertiary/aromatic N) is 3. The summed E-state index contributed by atoms with van der Waals surface area (Å²) >= 11 is 1.24. The fraction of sp³-hybridized carbons (Fsp3) is 0.238. The number of aromatic nitrogens is 3. The maximum Gasteiger partial charge on any atom is 0.325 e. The number of carbonyl (C=O) groups is 2. The second kappa shape index (κ2) is 9.38. The van der Waals surface area contributed by atoms with Gasteiger partial charge in [-0.05, 0) is 31.0 Å². The van der Waals surface area contributed by atoms with E-state index in [4.69, 9.17) is 0 Å². The molecule has 7 nitrogen and oxygen atoms in total. The molecule has 150 valence electrons. The first-order valence-corrected chi connectivity index (χ1v) is 10.1. The van der Waals surface area contributed by atoms with Crippen molar-refractivity contribution in [2.45, 2.75) is 25.4 Å². The summed E-state index contributed by atoms with van der Waals surface area (Å²) in [6.45, 7) is 3.89. The lowest BCUT2D eigenvalue weighted by atomic mass is 10.1. The van der Waals surface area contributed by atoms with Gasteiger partial charge in [0, 0.05) is 19.2 Å². The molecule has 2 N–H and O–H groups in total. The van der Waals surface area contributed by atoms with Crippen molar-refractivity contribution >= 4 is 29.4 Å².